The summed E-state index contributed by atoms with van der Waals surface area (Å²) in [6, 6.07) is 9.84. The number of urea groups is 1. The summed E-state index contributed by atoms with van der Waals surface area (Å²) in [5.74, 6) is 1.69. The molecule has 1 aromatic carbocycles. The SMILES string of the molecule is Cc1cc(C2CCCN2C(=O)NCC2Cc3ccccc3O2)on1. The van der Waals surface area contributed by atoms with E-state index >= 15 is 0 Å². The number of amides is 2. The third-order valence-electron chi connectivity index (χ3n) is 4.68. The van der Waals surface area contributed by atoms with E-state index in [1.165, 1.54) is 5.56 Å². The molecule has 1 saturated heterocycles. The van der Waals surface area contributed by atoms with Gasteiger partial charge in [0.25, 0.3) is 0 Å². The molecule has 2 aliphatic heterocycles. The van der Waals surface area contributed by atoms with E-state index in [4.69, 9.17) is 9.26 Å². The molecule has 1 N–H and O–H groups in total. The molecular formula is C18H21N3O3. The van der Waals surface area contributed by atoms with Gasteiger partial charge < -0.3 is 19.5 Å². The molecule has 2 aliphatic rings. The van der Waals surface area contributed by atoms with Crippen LogP contribution in [-0.2, 0) is 6.42 Å². The van der Waals surface area contributed by atoms with Crippen molar-refractivity contribution >= 4 is 6.03 Å². The zero-order valence-corrected chi connectivity index (χ0v) is 13.7. The average molecular weight is 327 g/mol. The number of carbonyl (C=O) groups is 1. The number of aryl methyl sites for hydroxylation is 1. The molecule has 0 saturated carbocycles. The van der Waals surface area contributed by atoms with Gasteiger partial charge in [-0.1, -0.05) is 23.4 Å². The molecule has 24 heavy (non-hydrogen) atoms. The monoisotopic (exact) mass is 327 g/mol. The van der Waals surface area contributed by atoms with Gasteiger partial charge in [0.2, 0.25) is 0 Å². The van der Waals surface area contributed by atoms with Crippen LogP contribution in [0.4, 0.5) is 4.79 Å². The highest BCUT2D eigenvalue weighted by Crippen LogP contribution is 2.32. The van der Waals surface area contributed by atoms with Gasteiger partial charge in [-0.2, -0.15) is 0 Å². The van der Waals surface area contributed by atoms with Gasteiger partial charge in [-0.3, -0.25) is 0 Å². The van der Waals surface area contributed by atoms with Crippen LogP contribution in [0.1, 0.15) is 35.9 Å². The lowest BCUT2D eigenvalue weighted by Crippen LogP contribution is -2.43. The molecule has 2 aromatic rings. The molecule has 6 heteroatoms. The topological polar surface area (TPSA) is 67.6 Å². The largest absolute Gasteiger partial charge is 0.488 e. The van der Waals surface area contributed by atoms with Crippen LogP contribution < -0.4 is 10.1 Å². The Bertz CT molecular complexity index is 718. The first-order chi connectivity index (χ1) is 11.7. The van der Waals surface area contributed by atoms with Gasteiger partial charge in [0.05, 0.1) is 18.3 Å². The highest BCUT2D eigenvalue weighted by Gasteiger charge is 2.33. The molecule has 126 valence electrons. The molecule has 0 spiro atoms. The van der Waals surface area contributed by atoms with E-state index in [0.29, 0.717) is 6.54 Å². The Morgan fingerprint density at radius 1 is 1.42 bits per heavy atom. The fourth-order valence-electron chi connectivity index (χ4n) is 3.52. The summed E-state index contributed by atoms with van der Waals surface area (Å²) in [5, 5.41) is 6.94. The number of likely N-dealkylation sites (tertiary alicyclic amines) is 1. The van der Waals surface area contributed by atoms with Crippen LogP contribution in [0.2, 0.25) is 0 Å². The van der Waals surface area contributed by atoms with Crippen molar-refractivity contribution in [3.63, 3.8) is 0 Å². The molecule has 2 atom stereocenters. The summed E-state index contributed by atoms with van der Waals surface area (Å²) in [6.07, 6.45) is 2.72. The molecule has 2 unspecified atom stereocenters. The van der Waals surface area contributed by atoms with Gasteiger partial charge in [-0.15, -0.1) is 0 Å². The summed E-state index contributed by atoms with van der Waals surface area (Å²) in [5.41, 5.74) is 2.04. The second-order valence-electron chi connectivity index (χ2n) is 6.46. The quantitative estimate of drug-likeness (QED) is 0.941. The molecule has 4 rings (SSSR count). The number of para-hydroxylation sites is 1. The molecule has 0 bridgehead atoms. The molecular weight excluding hydrogens is 306 g/mol. The first-order valence-electron chi connectivity index (χ1n) is 8.43. The number of ether oxygens (including phenoxy) is 1. The lowest BCUT2D eigenvalue weighted by Gasteiger charge is -2.23. The Labute approximate surface area is 140 Å². The Morgan fingerprint density at radius 2 is 2.29 bits per heavy atom. The maximum Gasteiger partial charge on any atom is 0.318 e. The summed E-state index contributed by atoms with van der Waals surface area (Å²) in [6.45, 7) is 3.13. The van der Waals surface area contributed by atoms with Crippen molar-refractivity contribution < 1.29 is 14.1 Å². The summed E-state index contributed by atoms with van der Waals surface area (Å²) in [4.78, 5) is 14.4. The molecule has 0 aliphatic carbocycles. The van der Waals surface area contributed by atoms with Crippen molar-refractivity contribution in [1.29, 1.82) is 0 Å². The standard InChI is InChI=1S/C18H21N3O3/c1-12-9-17(24-20-12)15-6-4-8-21(15)18(22)19-11-14-10-13-5-2-3-7-16(13)23-14/h2-3,5,7,9,14-15H,4,6,8,10-11H2,1H3,(H,19,22). The van der Waals surface area contributed by atoms with Crippen LogP contribution in [0.15, 0.2) is 34.9 Å². The smallest absolute Gasteiger partial charge is 0.318 e. The van der Waals surface area contributed by atoms with E-state index in [-0.39, 0.29) is 18.2 Å². The van der Waals surface area contributed by atoms with E-state index < -0.39 is 0 Å². The van der Waals surface area contributed by atoms with E-state index in [9.17, 15) is 4.79 Å². The number of nitrogens with zero attached hydrogens (tertiary/aromatic N) is 2. The maximum atomic E-state index is 12.6. The number of hydrogen-bond acceptors (Lipinski definition) is 4. The zero-order valence-electron chi connectivity index (χ0n) is 13.7. The van der Waals surface area contributed by atoms with E-state index in [1.807, 2.05) is 36.1 Å². The lowest BCUT2D eigenvalue weighted by molar-refractivity contribution is 0.172. The Kier molecular flexibility index (Phi) is 3.88. The summed E-state index contributed by atoms with van der Waals surface area (Å²) in [7, 11) is 0. The first kappa shape index (κ1) is 15.1. The minimum Gasteiger partial charge on any atom is -0.488 e. The van der Waals surface area contributed by atoms with E-state index in [0.717, 1.165) is 43.0 Å². The lowest BCUT2D eigenvalue weighted by atomic mass is 10.1. The van der Waals surface area contributed by atoms with Crippen LogP contribution in [0, 0.1) is 6.92 Å². The molecule has 1 fully saturated rings. The second kappa shape index (κ2) is 6.19. The van der Waals surface area contributed by atoms with Crippen LogP contribution in [0.5, 0.6) is 5.75 Å². The number of rotatable bonds is 3. The van der Waals surface area contributed by atoms with Gasteiger partial charge in [0.1, 0.15) is 11.9 Å². The van der Waals surface area contributed by atoms with Gasteiger partial charge in [-0.25, -0.2) is 4.79 Å². The molecule has 1 aromatic heterocycles. The van der Waals surface area contributed by atoms with Crippen molar-refractivity contribution in [2.45, 2.75) is 38.3 Å². The third-order valence-corrected chi connectivity index (χ3v) is 4.68. The number of fused-ring (bicyclic) bond motifs is 1. The minimum absolute atomic E-state index is 0.0000676. The fourth-order valence-corrected chi connectivity index (χ4v) is 3.52. The number of hydrogen-bond donors (Lipinski definition) is 1. The third kappa shape index (κ3) is 2.84. The molecule has 6 nitrogen and oxygen atoms in total. The maximum absolute atomic E-state index is 12.6. The Hall–Kier alpha value is -2.50. The fraction of sp³-hybridized carbons (Fsp3) is 0.444. The van der Waals surface area contributed by atoms with Gasteiger partial charge in [-0.05, 0) is 31.4 Å². The molecule has 0 radical (unpaired) electrons. The predicted octanol–water partition coefficient (Wildman–Crippen LogP) is 2.83. The van der Waals surface area contributed by atoms with Crippen LogP contribution in [-0.4, -0.2) is 35.3 Å². The minimum atomic E-state index is -0.0638. The highest BCUT2D eigenvalue weighted by molar-refractivity contribution is 5.75. The van der Waals surface area contributed by atoms with Crippen molar-refractivity contribution in [3.05, 3.63) is 47.3 Å². The van der Waals surface area contributed by atoms with Gasteiger partial charge in [0.15, 0.2) is 5.76 Å². The van der Waals surface area contributed by atoms with Crippen LogP contribution >= 0.6 is 0 Å². The van der Waals surface area contributed by atoms with Gasteiger partial charge in [0, 0.05) is 19.0 Å². The molecule has 2 amide bonds. The average Bonchev–Trinajstić information content (AvgIpc) is 3.30. The summed E-state index contributed by atoms with van der Waals surface area (Å²) < 4.78 is 11.2. The number of carbonyl (C=O) groups excluding carboxylic acids is 1. The zero-order chi connectivity index (χ0) is 16.5. The molecule has 3 heterocycles. The van der Waals surface area contributed by atoms with Crippen LogP contribution in [0.3, 0.4) is 0 Å². The number of aromatic nitrogens is 1. The van der Waals surface area contributed by atoms with Crippen LogP contribution in [0.25, 0.3) is 0 Å². The van der Waals surface area contributed by atoms with E-state index in [1.54, 1.807) is 0 Å². The number of benzene rings is 1. The van der Waals surface area contributed by atoms with Crippen molar-refractivity contribution in [2.75, 3.05) is 13.1 Å². The van der Waals surface area contributed by atoms with E-state index in [2.05, 4.69) is 16.5 Å². The van der Waals surface area contributed by atoms with Crippen molar-refractivity contribution in [1.82, 2.24) is 15.4 Å². The summed E-state index contributed by atoms with van der Waals surface area (Å²) >= 11 is 0. The van der Waals surface area contributed by atoms with Crippen molar-refractivity contribution in [3.8, 4) is 5.75 Å². The Morgan fingerprint density at radius 3 is 3.08 bits per heavy atom. The second-order valence-corrected chi connectivity index (χ2v) is 6.46. The number of nitrogens with one attached hydrogen (secondary N) is 1. The first-order valence-corrected chi connectivity index (χ1v) is 8.43. The van der Waals surface area contributed by atoms with Gasteiger partial charge >= 0.3 is 6.03 Å². The Balaban J connectivity index is 1.35. The normalized spacial score (nSPS) is 22.3. The van der Waals surface area contributed by atoms with Crippen molar-refractivity contribution in [2.24, 2.45) is 0 Å². The predicted molar refractivity (Wildman–Crippen MR) is 87.9 cm³/mol. The highest BCUT2D eigenvalue weighted by atomic mass is 16.5.